The summed E-state index contributed by atoms with van der Waals surface area (Å²) in [5.41, 5.74) is 5.19. The smallest absolute Gasteiger partial charge is 0.364 e. The maximum absolute atomic E-state index is 13.2. The Bertz CT molecular complexity index is 1080. The number of fused-ring (bicyclic) bond motifs is 1. The SMILES string of the molecule is Cn1ncc(NC(=O)c2csc3ncc(N[C@@H]4CCCC[C@@H]4N)nc23)c1C(F)(F)F. The number of alkyl halides is 3. The number of aryl methyl sites for hydroxylation is 1. The number of anilines is 2. The van der Waals surface area contributed by atoms with Crippen molar-refractivity contribution >= 4 is 39.1 Å². The molecule has 0 saturated heterocycles. The molecule has 4 rings (SSSR count). The maximum Gasteiger partial charge on any atom is 0.435 e. The minimum atomic E-state index is -4.65. The van der Waals surface area contributed by atoms with Crippen LogP contribution in [-0.2, 0) is 13.2 Å². The lowest BCUT2D eigenvalue weighted by Crippen LogP contribution is -2.42. The van der Waals surface area contributed by atoms with Crippen LogP contribution < -0.4 is 16.4 Å². The van der Waals surface area contributed by atoms with Gasteiger partial charge in [-0.05, 0) is 12.8 Å². The molecule has 12 heteroatoms. The summed E-state index contributed by atoms with van der Waals surface area (Å²) >= 11 is 1.19. The van der Waals surface area contributed by atoms with Gasteiger partial charge in [0.2, 0.25) is 0 Å². The molecule has 8 nitrogen and oxygen atoms in total. The summed E-state index contributed by atoms with van der Waals surface area (Å²) in [5, 5.41) is 10.7. The van der Waals surface area contributed by atoms with Gasteiger partial charge in [-0.3, -0.25) is 9.48 Å². The molecular weight excluding hydrogens is 419 g/mol. The van der Waals surface area contributed by atoms with Gasteiger partial charge in [0, 0.05) is 24.5 Å². The Morgan fingerprint density at radius 2 is 2.07 bits per heavy atom. The van der Waals surface area contributed by atoms with Crippen molar-refractivity contribution in [1.29, 1.82) is 0 Å². The van der Waals surface area contributed by atoms with Gasteiger partial charge in [-0.1, -0.05) is 12.8 Å². The van der Waals surface area contributed by atoms with Crippen molar-refractivity contribution in [3.8, 4) is 0 Å². The van der Waals surface area contributed by atoms with Gasteiger partial charge >= 0.3 is 6.18 Å². The predicted octanol–water partition coefficient (Wildman–Crippen LogP) is 3.38. The van der Waals surface area contributed by atoms with Gasteiger partial charge in [0.05, 0.1) is 23.6 Å². The molecule has 30 heavy (non-hydrogen) atoms. The van der Waals surface area contributed by atoms with E-state index in [0.717, 1.165) is 38.9 Å². The van der Waals surface area contributed by atoms with Crippen molar-refractivity contribution in [3.05, 3.63) is 29.0 Å². The summed E-state index contributed by atoms with van der Waals surface area (Å²) in [6.45, 7) is 0. The van der Waals surface area contributed by atoms with Crippen molar-refractivity contribution in [2.45, 2.75) is 43.9 Å². The Labute approximate surface area is 173 Å². The van der Waals surface area contributed by atoms with Crippen molar-refractivity contribution in [2.24, 2.45) is 12.8 Å². The topological polar surface area (TPSA) is 111 Å². The molecule has 1 amide bonds. The number of hydrogen-bond donors (Lipinski definition) is 3. The zero-order valence-corrected chi connectivity index (χ0v) is 16.8. The van der Waals surface area contributed by atoms with Crippen LogP contribution in [0.5, 0.6) is 0 Å². The van der Waals surface area contributed by atoms with E-state index in [1.165, 1.54) is 16.7 Å². The molecule has 2 atom stereocenters. The highest BCUT2D eigenvalue weighted by Gasteiger charge is 2.38. The van der Waals surface area contributed by atoms with Crippen molar-refractivity contribution in [1.82, 2.24) is 19.7 Å². The first-order valence-corrected chi connectivity index (χ1v) is 10.3. The Morgan fingerprint density at radius 1 is 1.30 bits per heavy atom. The molecule has 0 radical (unpaired) electrons. The minimum absolute atomic E-state index is 0.00728. The van der Waals surface area contributed by atoms with Crippen molar-refractivity contribution in [2.75, 3.05) is 10.6 Å². The average molecular weight is 439 g/mol. The molecule has 0 spiro atoms. The monoisotopic (exact) mass is 439 g/mol. The normalized spacial score (nSPS) is 19.8. The zero-order valence-electron chi connectivity index (χ0n) is 16.0. The van der Waals surface area contributed by atoms with Gasteiger partial charge < -0.3 is 16.4 Å². The number of carbonyl (C=O) groups excluding carboxylic acids is 1. The molecule has 4 N–H and O–H groups in total. The second kappa shape index (κ2) is 7.84. The summed E-state index contributed by atoms with van der Waals surface area (Å²) in [4.78, 5) is 22.0. The number of rotatable bonds is 4. The lowest BCUT2D eigenvalue weighted by molar-refractivity contribution is -0.143. The van der Waals surface area contributed by atoms with Crippen molar-refractivity contribution in [3.63, 3.8) is 0 Å². The van der Waals surface area contributed by atoms with Crippen LogP contribution >= 0.6 is 11.3 Å². The number of amides is 1. The predicted molar refractivity (Wildman–Crippen MR) is 107 cm³/mol. The molecule has 3 aromatic rings. The second-order valence-electron chi connectivity index (χ2n) is 7.24. The molecule has 0 aliphatic heterocycles. The third-order valence-corrected chi connectivity index (χ3v) is 6.01. The molecule has 0 unspecified atom stereocenters. The summed E-state index contributed by atoms with van der Waals surface area (Å²) in [6, 6.07) is 0.0685. The van der Waals surface area contributed by atoms with Gasteiger partial charge in [-0.15, -0.1) is 11.3 Å². The molecule has 160 valence electrons. The van der Waals surface area contributed by atoms with E-state index in [1.807, 2.05) is 0 Å². The summed E-state index contributed by atoms with van der Waals surface area (Å²) < 4.78 is 40.4. The van der Waals surface area contributed by atoms with Crippen LogP contribution in [-0.4, -0.2) is 37.7 Å². The third kappa shape index (κ3) is 3.97. The van der Waals surface area contributed by atoms with Crippen LogP contribution in [0.15, 0.2) is 17.8 Å². The summed E-state index contributed by atoms with van der Waals surface area (Å²) in [6.07, 6.45) is 1.89. The quantitative estimate of drug-likeness (QED) is 0.575. The van der Waals surface area contributed by atoms with Gasteiger partial charge in [-0.25, -0.2) is 9.97 Å². The van der Waals surface area contributed by atoms with Gasteiger partial charge in [0.1, 0.15) is 16.2 Å². The lowest BCUT2D eigenvalue weighted by Gasteiger charge is -2.29. The zero-order chi connectivity index (χ0) is 21.5. The van der Waals surface area contributed by atoms with Gasteiger partial charge in [-0.2, -0.15) is 18.3 Å². The number of halogens is 3. The fraction of sp³-hybridized carbons (Fsp3) is 0.444. The standard InChI is InChI=1S/C18H20F3N7OS/c1-28-15(18(19,20)21)12(6-24-28)26-16(29)9-8-30-17-14(9)27-13(7-23-17)25-11-5-3-2-4-10(11)22/h6-8,10-11H,2-5,22H2,1H3,(H,25,27)(H,26,29)/t10-,11+/m0/s1. The fourth-order valence-electron chi connectivity index (χ4n) is 3.62. The Hall–Kier alpha value is -2.73. The van der Waals surface area contributed by atoms with E-state index in [-0.39, 0.29) is 17.6 Å². The van der Waals surface area contributed by atoms with Crippen LogP contribution in [0.1, 0.15) is 41.7 Å². The molecule has 0 aromatic carbocycles. The van der Waals surface area contributed by atoms with E-state index in [9.17, 15) is 18.0 Å². The molecule has 1 aliphatic rings. The number of carbonyl (C=O) groups is 1. The molecule has 1 saturated carbocycles. The van der Waals surface area contributed by atoms with E-state index in [1.54, 1.807) is 6.20 Å². The average Bonchev–Trinajstić information content (AvgIpc) is 3.26. The van der Waals surface area contributed by atoms with Gasteiger partial charge in [0.25, 0.3) is 5.91 Å². The molecule has 3 heterocycles. The van der Waals surface area contributed by atoms with Crippen LogP contribution in [0, 0.1) is 0 Å². The number of nitrogens with one attached hydrogen (secondary N) is 2. The number of hydrogen-bond acceptors (Lipinski definition) is 7. The Kier molecular flexibility index (Phi) is 5.36. The van der Waals surface area contributed by atoms with Crippen LogP contribution in [0.2, 0.25) is 0 Å². The Balaban J connectivity index is 1.59. The van der Waals surface area contributed by atoms with E-state index < -0.39 is 23.5 Å². The molecular formula is C18H20F3N7OS. The fourth-order valence-corrected chi connectivity index (χ4v) is 4.45. The number of aromatic nitrogens is 4. The highest BCUT2D eigenvalue weighted by molar-refractivity contribution is 7.17. The summed E-state index contributed by atoms with van der Waals surface area (Å²) in [5.74, 6) is -0.227. The van der Waals surface area contributed by atoms with Crippen molar-refractivity contribution < 1.29 is 18.0 Å². The lowest BCUT2D eigenvalue weighted by atomic mass is 9.91. The highest BCUT2D eigenvalue weighted by atomic mass is 32.1. The minimum Gasteiger partial charge on any atom is -0.364 e. The number of nitrogens with zero attached hydrogens (tertiary/aromatic N) is 4. The molecule has 1 aliphatic carbocycles. The molecule has 3 aromatic heterocycles. The number of thiophene rings is 1. The number of nitrogens with two attached hydrogens (primary N) is 1. The highest BCUT2D eigenvalue weighted by Crippen LogP contribution is 2.35. The van der Waals surface area contributed by atoms with E-state index in [2.05, 4.69) is 25.7 Å². The maximum atomic E-state index is 13.2. The Morgan fingerprint density at radius 3 is 2.80 bits per heavy atom. The second-order valence-corrected chi connectivity index (χ2v) is 8.10. The van der Waals surface area contributed by atoms with Crippen LogP contribution in [0.3, 0.4) is 0 Å². The summed E-state index contributed by atoms with van der Waals surface area (Å²) in [7, 11) is 1.16. The first-order chi connectivity index (χ1) is 14.2. The first-order valence-electron chi connectivity index (χ1n) is 9.41. The molecule has 1 fully saturated rings. The third-order valence-electron chi connectivity index (χ3n) is 5.14. The first kappa shape index (κ1) is 20.5. The van der Waals surface area contributed by atoms with E-state index in [0.29, 0.717) is 20.8 Å². The van der Waals surface area contributed by atoms with Crippen LogP contribution in [0.25, 0.3) is 10.3 Å². The van der Waals surface area contributed by atoms with E-state index in [4.69, 9.17) is 5.73 Å². The molecule has 0 bridgehead atoms. The van der Waals surface area contributed by atoms with E-state index >= 15 is 0 Å². The van der Waals surface area contributed by atoms with Gasteiger partial charge in [0.15, 0.2) is 5.69 Å². The largest absolute Gasteiger partial charge is 0.435 e. The van der Waals surface area contributed by atoms with Crippen LogP contribution in [0.4, 0.5) is 24.7 Å².